The molecule has 122 valence electrons. The van der Waals surface area contributed by atoms with E-state index < -0.39 is 0 Å². The summed E-state index contributed by atoms with van der Waals surface area (Å²) in [6.45, 7) is 1.62. The molecule has 0 saturated heterocycles. The molecule has 2 heterocycles. The number of hydrogen-bond acceptors (Lipinski definition) is 5. The Hall–Kier alpha value is -2.99. The second-order valence-corrected chi connectivity index (χ2v) is 5.30. The number of anilines is 1. The Balaban J connectivity index is 1.74. The maximum Gasteiger partial charge on any atom is 0.230 e. The zero-order valence-electron chi connectivity index (χ0n) is 13.2. The van der Waals surface area contributed by atoms with E-state index in [1.807, 2.05) is 30.3 Å². The average Bonchev–Trinajstić information content (AvgIpc) is 2.97. The lowest BCUT2D eigenvalue weighted by atomic mass is 10.2. The third kappa shape index (κ3) is 3.49. The quantitative estimate of drug-likeness (QED) is 0.753. The van der Waals surface area contributed by atoms with Crippen LogP contribution in [0.5, 0.6) is 0 Å². The lowest BCUT2D eigenvalue weighted by Gasteiger charge is -2.07. The number of amides is 1. The lowest BCUT2D eigenvalue weighted by Crippen LogP contribution is -2.16. The Bertz CT molecular complexity index is 844. The number of carbonyl (C=O) groups excluding carboxylic acids is 1. The molecule has 0 aliphatic rings. The summed E-state index contributed by atoms with van der Waals surface area (Å²) in [4.78, 5) is 20.6. The Labute approximate surface area is 139 Å². The number of hydrogen-bond donors (Lipinski definition) is 2. The van der Waals surface area contributed by atoms with Gasteiger partial charge >= 0.3 is 0 Å². The van der Waals surface area contributed by atoms with Gasteiger partial charge in [0, 0.05) is 17.3 Å². The Morgan fingerprint density at radius 1 is 1.25 bits per heavy atom. The molecule has 0 atom stereocenters. The number of nitrogens with one attached hydrogen (secondary N) is 1. The summed E-state index contributed by atoms with van der Waals surface area (Å²) in [6, 6.07) is 11.2. The van der Waals surface area contributed by atoms with Gasteiger partial charge in [0.25, 0.3) is 0 Å². The smallest absolute Gasteiger partial charge is 0.230 e. The van der Waals surface area contributed by atoms with Crippen molar-refractivity contribution in [3.05, 3.63) is 65.8 Å². The molecule has 0 fully saturated rings. The van der Waals surface area contributed by atoms with Gasteiger partial charge in [0.15, 0.2) is 0 Å². The number of aryl methyl sites for hydroxylation is 1. The van der Waals surface area contributed by atoms with E-state index in [0.29, 0.717) is 28.6 Å². The zero-order chi connectivity index (χ0) is 16.9. The van der Waals surface area contributed by atoms with Gasteiger partial charge in [-0.2, -0.15) is 0 Å². The van der Waals surface area contributed by atoms with Gasteiger partial charge in [-0.05, 0) is 25.1 Å². The van der Waals surface area contributed by atoms with Crippen LogP contribution in [0.25, 0.3) is 11.5 Å². The molecule has 0 spiro atoms. The predicted molar refractivity (Wildman–Crippen MR) is 89.2 cm³/mol. The number of pyridine rings is 1. The number of oxazole rings is 1. The number of aliphatic hydroxyl groups is 1. The standard InChI is InChI=1S/C18H17N3O3/c1-12-15(21-18(24-12)13-5-3-2-4-6-13)9-17(23)20-16-10-19-8-7-14(16)11-22/h2-8,10,22H,9,11H2,1H3,(H,20,23). The van der Waals surface area contributed by atoms with Gasteiger partial charge in [0.1, 0.15) is 5.76 Å². The minimum absolute atomic E-state index is 0.0852. The van der Waals surface area contributed by atoms with Gasteiger partial charge in [-0.3, -0.25) is 9.78 Å². The van der Waals surface area contributed by atoms with Crippen molar-refractivity contribution in [2.75, 3.05) is 5.32 Å². The predicted octanol–water partition coefficient (Wildman–Crippen LogP) is 2.72. The van der Waals surface area contributed by atoms with Gasteiger partial charge in [0.05, 0.1) is 30.6 Å². The molecular weight excluding hydrogens is 306 g/mol. The van der Waals surface area contributed by atoms with Crippen LogP contribution in [-0.4, -0.2) is 21.0 Å². The first-order valence-electron chi connectivity index (χ1n) is 7.52. The van der Waals surface area contributed by atoms with Crippen LogP contribution >= 0.6 is 0 Å². The van der Waals surface area contributed by atoms with Crippen LogP contribution in [0.15, 0.2) is 53.2 Å². The van der Waals surface area contributed by atoms with Crippen LogP contribution in [0.1, 0.15) is 17.0 Å². The minimum Gasteiger partial charge on any atom is -0.441 e. The second-order valence-electron chi connectivity index (χ2n) is 5.30. The number of benzene rings is 1. The Kier molecular flexibility index (Phi) is 4.67. The maximum atomic E-state index is 12.2. The molecule has 6 nitrogen and oxygen atoms in total. The summed E-state index contributed by atoms with van der Waals surface area (Å²) in [5, 5.41) is 12.0. The summed E-state index contributed by atoms with van der Waals surface area (Å²) in [5.74, 6) is 0.861. The molecular formula is C18H17N3O3. The first-order chi connectivity index (χ1) is 11.7. The molecule has 0 unspecified atom stereocenters. The summed E-state index contributed by atoms with van der Waals surface area (Å²) in [5.41, 5.74) is 2.55. The molecule has 6 heteroatoms. The van der Waals surface area contributed by atoms with Gasteiger partial charge in [-0.1, -0.05) is 18.2 Å². The molecule has 3 rings (SSSR count). The fourth-order valence-corrected chi connectivity index (χ4v) is 2.32. The normalized spacial score (nSPS) is 10.6. The molecule has 0 radical (unpaired) electrons. The number of nitrogens with zero attached hydrogens (tertiary/aromatic N) is 2. The topological polar surface area (TPSA) is 88.3 Å². The lowest BCUT2D eigenvalue weighted by molar-refractivity contribution is -0.115. The SMILES string of the molecule is Cc1oc(-c2ccccc2)nc1CC(=O)Nc1cnccc1CO. The largest absolute Gasteiger partial charge is 0.441 e. The van der Waals surface area contributed by atoms with E-state index in [1.54, 1.807) is 19.2 Å². The van der Waals surface area contributed by atoms with Crippen LogP contribution < -0.4 is 5.32 Å². The maximum absolute atomic E-state index is 12.2. The van der Waals surface area contributed by atoms with E-state index >= 15 is 0 Å². The van der Waals surface area contributed by atoms with Gasteiger partial charge in [0.2, 0.25) is 11.8 Å². The molecule has 2 aromatic heterocycles. The first kappa shape index (κ1) is 15.9. The second kappa shape index (κ2) is 7.06. The van der Waals surface area contributed by atoms with Crippen molar-refractivity contribution in [3.8, 4) is 11.5 Å². The van der Waals surface area contributed by atoms with Crippen molar-refractivity contribution in [2.24, 2.45) is 0 Å². The van der Waals surface area contributed by atoms with Crippen molar-refractivity contribution in [3.63, 3.8) is 0 Å². The van der Waals surface area contributed by atoms with Gasteiger partial charge in [-0.25, -0.2) is 4.98 Å². The summed E-state index contributed by atoms with van der Waals surface area (Å²) >= 11 is 0. The fraction of sp³-hybridized carbons (Fsp3) is 0.167. The van der Waals surface area contributed by atoms with E-state index in [4.69, 9.17) is 4.42 Å². The van der Waals surface area contributed by atoms with Crippen LogP contribution in [-0.2, 0) is 17.8 Å². The van der Waals surface area contributed by atoms with Crippen LogP contribution in [0.3, 0.4) is 0 Å². The highest BCUT2D eigenvalue weighted by Crippen LogP contribution is 2.22. The highest BCUT2D eigenvalue weighted by atomic mass is 16.4. The van der Waals surface area contributed by atoms with Crippen LogP contribution in [0.2, 0.25) is 0 Å². The molecule has 2 N–H and O–H groups in total. The molecule has 0 aliphatic carbocycles. The average molecular weight is 323 g/mol. The first-order valence-corrected chi connectivity index (χ1v) is 7.52. The van der Waals surface area contributed by atoms with Crippen molar-refractivity contribution in [2.45, 2.75) is 20.0 Å². The van der Waals surface area contributed by atoms with Crippen LogP contribution in [0, 0.1) is 6.92 Å². The van der Waals surface area contributed by atoms with Crippen LogP contribution in [0.4, 0.5) is 5.69 Å². The monoisotopic (exact) mass is 323 g/mol. The molecule has 1 amide bonds. The van der Waals surface area contributed by atoms with Crippen molar-refractivity contribution >= 4 is 11.6 Å². The third-order valence-corrected chi connectivity index (χ3v) is 3.60. The van der Waals surface area contributed by atoms with E-state index in [0.717, 1.165) is 5.56 Å². The number of aromatic nitrogens is 2. The summed E-state index contributed by atoms with van der Waals surface area (Å²) < 4.78 is 5.65. The Morgan fingerprint density at radius 3 is 2.79 bits per heavy atom. The van der Waals surface area contributed by atoms with Gasteiger partial charge in [-0.15, -0.1) is 0 Å². The molecule has 1 aromatic carbocycles. The molecule has 3 aromatic rings. The molecule has 0 aliphatic heterocycles. The highest BCUT2D eigenvalue weighted by molar-refractivity contribution is 5.92. The third-order valence-electron chi connectivity index (χ3n) is 3.60. The summed E-state index contributed by atoms with van der Waals surface area (Å²) in [6.07, 6.45) is 3.16. The Morgan fingerprint density at radius 2 is 2.04 bits per heavy atom. The molecule has 24 heavy (non-hydrogen) atoms. The minimum atomic E-state index is -0.242. The van der Waals surface area contributed by atoms with Gasteiger partial charge < -0.3 is 14.8 Å². The zero-order valence-corrected chi connectivity index (χ0v) is 13.2. The molecule has 0 bridgehead atoms. The van der Waals surface area contributed by atoms with Crippen molar-refractivity contribution < 1.29 is 14.3 Å². The number of carbonyl (C=O) groups is 1. The van der Waals surface area contributed by atoms with E-state index in [9.17, 15) is 9.90 Å². The van der Waals surface area contributed by atoms with E-state index in [-0.39, 0.29) is 18.9 Å². The number of rotatable bonds is 5. The van der Waals surface area contributed by atoms with Crippen molar-refractivity contribution in [1.29, 1.82) is 0 Å². The highest BCUT2D eigenvalue weighted by Gasteiger charge is 2.15. The fourth-order valence-electron chi connectivity index (χ4n) is 2.32. The van der Waals surface area contributed by atoms with E-state index in [1.165, 1.54) is 6.20 Å². The van der Waals surface area contributed by atoms with E-state index in [2.05, 4.69) is 15.3 Å². The van der Waals surface area contributed by atoms with Crippen molar-refractivity contribution in [1.82, 2.24) is 9.97 Å². The number of aliphatic hydroxyl groups excluding tert-OH is 1. The molecule has 0 saturated carbocycles. The summed E-state index contributed by atoms with van der Waals surface area (Å²) in [7, 11) is 0.